The van der Waals surface area contributed by atoms with Gasteiger partial charge in [0.25, 0.3) is 0 Å². The third-order valence-corrected chi connectivity index (χ3v) is 5.18. The van der Waals surface area contributed by atoms with Crippen molar-refractivity contribution in [3.63, 3.8) is 0 Å². The zero-order valence-electron chi connectivity index (χ0n) is 16.0. The van der Waals surface area contributed by atoms with Crippen molar-refractivity contribution in [1.82, 2.24) is 5.32 Å². The van der Waals surface area contributed by atoms with Gasteiger partial charge in [0.1, 0.15) is 6.61 Å². The van der Waals surface area contributed by atoms with Crippen LogP contribution in [0.15, 0.2) is 78.9 Å². The lowest BCUT2D eigenvalue weighted by Gasteiger charge is -2.14. The number of carbonyl (C=O) groups is 1. The van der Waals surface area contributed by atoms with Gasteiger partial charge in [-0.1, -0.05) is 84.9 Å². The smallest absolute Gasteiger partial charge is 0.407 e. The fourth-order valence-electron chi connectivity index (χ4n) is 3.72. The van der Waals surface area contributed by atoms with Gasteiger partial charge in [0, 0.05) is 12.5 Å². The molecule has 0 spiro atoms. The molecular weight excluding hydrogens is 362 g/mol. The molecule has 4 nitrogen and oxygen atoms in total. The van der Waals surface area contributed by atoms with Crippen LogP contribution in [-0.2, 0) is 11.3 Å². The van der Waals surface area contributed by atoms with E-state index >= 15 is 0 Å². The van der Waals surface area contributed by atoms with E-state index in [1.54, 1.807) is 0 Å². The number of rotatable bonds is 6. The fourth-order valence-corrected chi connectivity index (χ4v) is 3.72. The van der Waals surface area contributed by atoms with Crippen molar-refractivity contribution in [3.8, 4) is 11.1 Å². The first kappa shape index (κ1) is 19.0. The molecule has 3 aromatic carbocycles. The van der Waals surface area contributed by atoms with Crippen molar-refractivity contribution >= 4 is 12.2 Å². The van der Waals surface area contributed by atoms with Crippen LogP contribution in [0.2, 0.25) is 0 Å². The van der Waals surface area contributed by atoms with E-state index in [-0.39, 0.29) is 12.5 Å². The maximum atomic E-state index is 12.1. The first-order chi connectivity index (χ1) is 14.3. The van der Waals surface area contributed by atoms with E-state index < -0.39 is 6.09 Å². The molecule has 0 fully saturated rings. The highest BCUT2D eigenvalue weighted by atomic mass is 16.5. The quantitative estimate of drug-likeness (QED) is 0.645. The minimum Gasteiger partial charge on any atom is -0.449 e. The van der Waals surface area contributed by atoms with Crippen molar-refractivity contribution in [1.29, 1.82) is 0 Å². The lowest BCUT2D eigenvalue weighted by atomic mass is 9.98. The summed E-state index contributed by atoms with van der Waals surface area (Å²) in [6.45, 7) is 0.734. The van der Waals surface area contributed by atoms with Crippen molar-refractivity contribution < 1.29 is 14.6 Å². The van der Waals surface area contributed by atoms with E-state index in [0.717, 1.165) is 11.1 Å². The second-order valence-corrected chi connectivity index (χ2v) is 7.01. The Kier molecular flexibility index (Phi) is 5.73. The van der Waals surface area contributed by atoms with Crippen LogP contribution in [0.25, 0.3) is 17.2 Å². The molecule has 146 valence electrons. The Bertz CT molecular complexity index is 979. The number of alkyl carbamates (subject to hydrolysis) is 1. The van der Waals surface area contributed by atoms with Crippen LogP contribution in [0.5, 0.6) is 0 Å². The second kappa shape index (κ2) is 8.76. The first-order valence-electron chi connectivity index (χ1n) is 9.71. The molecule has 4 heteroatoms. The highest BCUT2D eigenvalue weighted by Crippen LogP contribution is 2.44. The number of benzene rings is 3. The number of aliphatic hydroxyl groups is 1. The van der Waals surface area contributed by atoms with Gasteiger partial charge in [0.15, 0.2) is 0 Å². The van der Waals surface area contributed by atoms with Crippen molar-refractivity contribution in [2.75, 3.05) is 13.2 Å². The molecular formula is C25H23NO3. The number of fused-ring (bicyclic) bond motifs is 3. The third kappa shape index (κ3) is 4.23. The summed E-state index contributed by atoms with van der Waals surface area (Å²) in [5.74, 6) is 0.0636. The predicted octanol–water partition coefficient (Wildman–Crippen LogP) is 4.73. The van der Waals surface area contributed by atoms with Gasteiger partial charge in [0.05, 0.1) is 6.61 Å². The number of aliphatic hydroxyl groups excluding tert-OH is 1. The van der Waals surface area contributed by atoms with Gasteiger partial charge in [-0.3, -0.25) is 0 Å². The Morgan fingerprint density at radius 3 is 2.17 bits per heavy atom. The van der Waals surface area contributed by atoms with Crippen LogP contribution in [-0.4, -0.2) is 24.4 Å². The molecule has 0 radical (unpaired) electrons. The van der Waals surface area contributed by atoms with E-state index in [4.69, 9.17) is 9.84 Å². The molecule has 0 aliphatic heterocycles. The largest absolute Gasteiger partial charge is 0.449 e. The highest BCUT2D eigenvalue weighted by molar-refractivity contribution is 5.79. The molecule has 1 aliphatic rings. The molecule has 0 aromatic heterocycles. The molecule has 3 aromatic rings. The summed E-state index contributed by atoms with van der Waals surface area (Å²) in [6.07, 6.45) is 3.37. The van der Waals surface area contributed by atoms with Gasteiger partial charge in [-0.2, -0.15) is 0 Å². The zero-order chi connectivity index (χ0) is 20.1. The summed E-state index contributed by atoms with van der Waals surface area (Å²) in [4.78, 5) is 12.1. The molecule has 0 unspecified atom stereocenters. The Hall–Kier alpha value is -3.37. The van der Waals surface area contributed by atoms with Crippen LogP contribution in [0, 0.1) is 0 Å². The SMILES string of the molecule is O=C(NCC=Cc1ccc(CO)cc1)OCC1c2ccccc2-c2ccccc21. The Balaban J connectivity index is 1.31. The number of carbonyl (C=O) groups excluding carboxylic acids is 1. The normalized spacial score (nSPS) is 12.6. The van der Waals surface area contributed by atoms with Crippen LogP contribution < -0.4 is 5.32 Å². The summed E-state index contributed by atoms with van der Waals surface area (Å²) in [7, 11) is 0. The molecule has 0 saturated heterocycles. The summed E-state index contributed by atoms with van der Waals surface area (Å²) in [5.41, 5.74) is 6.72. The van der Waals surface area contributed by atoms with Crippen molar-refractivity contribution in [3.05, 3.63) is 101 Å². The molecule has 2 N–H and O–H groups in total. The third-order valence-electron chi connectivity index (χ3n) is 5.18. The van der Waals surface area contributed by atoms with E-state index in [2.05, 4.69) is 29.6 Å². The molecule has 0 heterocycles. The van der Waals surface area contributed by atoms with E-state index in [9.17, 15) is 4.79 Å². The van der Waals surface area contributed by atoms with Crippen molar-refractivity contribution in [2.24, 2.45) is 0 Å². The first-order valence-corrected chi connectivity index (χ1v) is 9.71. The van der Waals surface area contributed by atoms with Gasteiger partial charge in [0.2, 0.25) is 0 Å². The van der Waals surface area contributed by atoms with Crippen molar-refractivity contribution in [2.45, 2.75) is 12.5 Å². The van der Waals surface area contributed by atoms with Gasteiger partial charge >= 0.3 is 6.09 Å². The molecule has 29 heavy (non-hydrogen) atoms. The summed E-state index contributed by atoms with van der Waals surface area (Å²) < 4.78 is 5.51. The van der Waals surface area contributed by atoms with Crippen LogP contribution in [0.4, 0.5) is 4.79 Å². The Morgan fingerprint density at radius 1 is 0.931 bits per heavy atom. The molecule has 0 bridgehead atoms. The number of amides is 1. The maximum absolute atomic E-state index is 12.1. The topological polar surface area (TPSA) is 58.6 Å². The lowest BCUT2D eigenvalue weighted by molar-refractivity contribution is 0.144. The van der Waals surface area contributed by atoms with Crippen LogP contribution in [0.3, 0.4) is 0 Å². The van der Waals surface area contributed by atoms with Gasteiger partial charge in [-0.25, -0.2) is 4.79 Å². The van der Waals surface area contributed by atoms with E-state index in [1.165, 1.54) is 22.3 Å². The monoisotopic (exact) mass is 385 g/mol. The Morgan fingerprint density at radius 2 is 1.55 bits per heavy atom. The predicted molar refractivity (Wildman–Crippen MR) is 114 cm³/mol. The summed E-state index contributed by atoms with van der Waals surface area (Å²) >= 11 is 0. The average Bonchev–Trinajstić information content (AvgIpc) is 3.09. The van der Waals surface area contributed by atoms with Crippen LogP contribution >= 0.6 is 0 Å². The Labute approximate surface area is 170 Å². The number of hydrogen-bond acceptors (Lipinski definition) is 3. The number of hydrogen-bond donors (Lipinski definition) is 2. The average molecular weight is 385 g/mol. The van der Waals surface area contributed by atoms with E-state index in [0.29, 0.717) is 13.2 Å². The minimum atomic E-state index is -0.424. The molecule has 1 aliphatic carbocycles. The highest BCUT2D eigenvalue weighted by Gasteiger charge is 2.28. The molecule has 0 saturated carbocycles. The minimum absolute atomic E-state index is 0.0351. The molecule has 4 rings (SSSR count). The summed E-state index contributed by atoms with van der Waals surface area (Å²) in [5, 5.41) is 11.8. The standard InChI is InChI=1S/C25H23NO3/c27-16-19-13-11-18(12-14-19)6-5-15-26-25(28)29-17-24-22-9-3-1-7-20(22)21-8-2-4-10-23(21)24/h1-14,24,27H,15-17H2,(H,26,28). The second-order valence-electron chi connectivity index (χ2n) is 7.01. The van der Waals surface area contributed by atoms with Crippen LogP contribution in [0.1, 0.15) is 28.2 Å². The van der Waals surface area contributed by atoms with E-state index in [1.807, 2.05) is 60.7 Å². The van der Waals surface area contributed by atoms with Gasteiger partial charge < -0.3 is 15.2 Å². The molecule has 0 atom stereocenters. The lowest BCUT2D eigenvalue weighted by Crippen LogP contribution is -2.26. The number of nitrogens with one attached hydrogen (secondary N) is 1. The van der Waals surface area contributed by atoms with Gasteiger partial charge in [-0.05, 0) is 33.4 Å². The maximum Gasteiger partial charge on any atom is 0.407 e. The van der Waals surface area contributed by atoms with Gasteiger partial charge in [-0.15, -0.1) is 0 Å². The fraction of sp³-hybridized carbons (Fsp3) is 0.160. The number of ether oxygens (including phenoxy) is 1. The summed E-state index contributed by atoms with van der Waals surface area (Å²) in [6, 6.07) is 24.2. The zero-order valence-corrected chi connectivity index (χ0v) is 16.0. The molecule has 1 amide bonds.